The van der Waals surface area contributed by atoms with E-state index in [1.54, 1.807) is 9.80 Å². The number of fused-ring (bicyclic) bond motifs is 1. The Hall–Kier alpha value is -1.89. The van der Waals surface area contributed by atoms with Crippen molar-refractivity contribution in [2.24, 2.45) is 5.92 Å². The molecule has 140 valence electrons. The zero-order chi connectivity index (χ0) is 18.3. The molecule has 7 heteroatoms. The van der Waals surface area contributed by atoms with E-state index < -0.39 is 15.9 Å². The van der Waals surface area contributed by atoms with Crippen LogP contribution in [0, 0.1) is 5.92 Å². The first-order valence-electron chi connectivity index (χ1n) is 9.29. The fourth-order valence-electron chi connectivity index (χ4n) is 4.30. The van der Waals surface area contributed by atoms with Gasteiger partial charge in [-0.25, -0.2) is 8.42 Å². The second-order valence-electron chi connectivity index (χ2n) is 7.62. The summed E-state index contributed by atoms with van der Waals surface area (Å²) < 4.78 is 24.5. The third-order valence-electron chi connectivity index (χ3n) is 5.93. The molecule has 2 heterocycles. The Kier molecular flexibility index (Phi) is 4.50. The van der Waals surface area contributed by atoms with Crippen LogP contribution in [0.5, 0.6) is 0 Å². The average molecular weight is 376 g/mol. The van der Waals surface area contributed by atoms with Crippen molar-refractivity contribution in [1.82, 2.24) is 9.80 Å². The third kappa shape index (κ3) is 3.24. The van der Waals surface area contributed by atoms with Crippen molar-refractivity contribution in [3.8, 4) is 0 Å². The second kappa shape index (κ2) is 6.68. The number of piperazine rings is 1. The summed E-state index contributed by atoms with van der Waals surface area (Å²) >= 11 is 0. The summed E-state index contributed by atoms with van der Waals surface area (Å²) in [5.41, 5.74) is 0.919. The van der Waals surface area contributed by atoms with E-state index in [1.165, 1.54) is 0 Å². The van der Waals surface area contributed by atoms with Gasteiger partial charge in [-0.05, 0) is 18.4 Å². The molecule has 0 spiro atoms. The first kappa shape index (κ1) is 17.5. The SMILES string of the molecule is O=C(Cc1ccccc1)N1CCN(C(=O)C2CCC2)C2CS(=O)(=O)CC21. The van der Waals surface area contributed by atoms with Gasteiger partial charge in [0.2, 0.25) is 11.8 Å². The van der Waals surface area contributed by atoms with Crippen LogP contribution in [0.15, 0.2) is 30.3 Å². The number of benzene rings is 1. The third-order valence-corrected chi connectivity index (χ3v) is 7.63. The number of rotatable bonds is 3. The number of carbonyl (C=O) groups excluding carboxylic acids is 2. The van der Waals surface area contributed by atoms with Gasteiger partial charge in [-0.3, -0.25) is 9.59 Å². The molecule has 2 aliphatic heterocycles. The molecule has 2 unspecified atom stereocenters. The highest BCUT2D eigenvalue weighted by Gasteiger charge is 2.50. The Balaban J connectivity index is 1.53. The minimum Gasteiger partial charge on any atom is -0.335 e. The van der Waals surface area contributed by atoms with Crippen LogP contribution in [-0.4, -0.2) is 66.7 Å². The maximum atomic E-state index is 12.8. The molecule has 1 aromatic rings. The number of hydrogen-bond acceptors (Lipinski definition) is 4. The normalized spacial score (nSPS) is 27.7. The Morgan fingerprint density at radius 2 is 1.58 bits per heavy atom. The Morgan fingerprint density at radius 3 is 2.19 bits per heavy atom. The molecule has 0 aromatic heterocycles. The minimum absolute atomic E-state index is 0.0226. The van der Waals surface area contributed by atoms with Gasteiger partial charge in [0.1, 0.15) is 0 Å². The summed E-state index contributed by atoms with van der Waals surface area (Å²) in [6.45, 7) is 0.855. The van der Waals surface area contributed by atoms with Crippen LogP contribution in [0.2, 0.25) is 0 Å². The topological polar surface area (TPSA) is 74.8 Å². The average Bonchev–Trinajstić information content (AvgIpc) is 2.87. The van der Waals surface area contributed by atoms with Gasteiger partial charge in [0.15, 0.2) is 9.84 Å². The van der Waals surface area contributed by atoms with Gasteiger partial charge >= 0.3 is 0 Å². The van der Waals surface area contributed by atoms with Crippen LogP contribution < -0.4 is 0 Å². The van der Waals surface area contributed by atoms with E-state index in [1.807, 2.05) is 30.3 Å². The first-order valence-corrected chi connectivity index (χ1v) is 11.1. The molecule has 3 fully saturated rings. The van der Waals surface area contributed by atoms with E-state index in [9.17, 15) is 18.0 Å². The van der Waals surface area contributed by atoms with Gasteiger partial charge in [-0.1, -0.05) is 36.8 Å². The van der Waals surface area contributed by atoms with E-state index in [-0.39, 0.29) is 41.7 Å². The number of amides is 2. The van der Waals surface area contributed by atoms with Crippen LogP contribution in [0.4, 0.5) is 0 Å². The van der Waals surface area contributed by atoms with Crippen LogP contribution in [0.25, 0.3) is 0 Å². The van der Waals surface area contributed by atoms with Crippen molar-refractivity contribution in [2.75, 3.05) is 24.6 Å². The maximum absolute atomic E-state index is 12.8. The van der Waals surface area contributed by atoms with E-state index in [4.69, 9.17) is 0 Å². The van der Waals surface area contributed by atoms with Gasteiger partial charge < -0.3 is 9.80 Å². The molecule has 2 atom stereocenters. The lowest BCUT2D eigenvalue weighted by atomic mass is 9.83. The molecule has 1 aromatic carbocycles. The van der Waals surface area contributed by atoms with Gasteiger partial charge in [0.25, 0.3) is 0 Å². The molecule has 0 radical (unpaired) electrons. The lowest BCUT2D eigenvalue weighted by molar-refractivity contribution is -0.149. The van der Waals surface area contributed by atoms with Gasteiger partial charge in [0, 0.05) is 19.0 Å². The minimum atomic E-state index is -3.24. The number of sulfone groups is 1. The quantitative estimate of drug-likeness (QED) is 0.784. The lowest BCUT2D eigenvalue weighted by Gasteiger charge is -2.45. The highest BCUT2D eigenvalue weighted by atomic mass is 32.2. The van der Waals surface area contributed by atoms with E-state index in [0.717, 1.165) is 24.8 Å². The molecule has 2 amide bonds. The predicted octanol–water partition coefficient (Wildman–Crippen LogP) is 0.866. The molecule has 6 nitrogen and oxygen atoms in total. The highest BCUT2D eigenvalue weighted by molar-refractivity contribution is 7.91. The molecule has 1 aliphatic carbocycles. The van der Waals surface area contributed by atoms with Crippen LogP contribution in [0.3, 0.4) is 0 Å². The molecular weight excluding hydrogens is 352 g/mol. The Labute approximate surface area is 154 Å². The van der Waals surface area contributed by atoms with Crippen molar-refractivity contribution in [2.45, 2.75) is 37.8 Å². The van der Waals surface area contributed by atoms with Crippen molar-refractivity contribution >= 4 is 21.7 Å². The maximum Gasteiger partial charge on any atom is 0.227 e. The molecule has 4 rings (SSSR count). The summed E-state index contributed by atoms with van der Waals surface area (Å²) in [7, 11) is -3.24. The molecule has 1 saturated carbocycles. The summed E-state index contributed by atoms with van der Waals surface area (Å²) in [4.78, 5) is 29.0. The van der Waals surface area contributed by atoms with Crippen molar-refractivity contribution in [3.05, 3.63) is 35.9 Å². The smallest absolute Gasteiger partial charge is 0.227 e. The van der Waals surface area contributed by atoms with E-state index in [2.05, 4.69) is 0 Å². The Bertz CT molecular complexity index is 804. The van der Waals surface area contributed by atoms with Gasteiger partial charge in [-0.2, -0.15) is 0 Å². The summed E-state index contributed by atoms with van der Waals surface area (Å²) in [6.07, 6.45) is 3.13. The summed E-state index contributed by atoms with van der Waals surface area (Å²) in [6, 6.07) is 8.68. The Morgan fingerprint density at radius 1 is 0.962 bits per heavy atom. The molecule has 0 bridgehead atoms. The number of hydrogen-bond donors (Lipinski definition) is 0. The fraction of sp³-hybridized carbons (Fsp3) is 0.579. The molecule has 26 heavy (non-hydrogen) atoms. The molecular formula is C19H24N2O4S. The summed E-state index contributed by atoms with van der Waals surface area (Å²) in [5.74, 6) is 0.0146. The lowest BCUT2D eigenvalue weighted by Crippen LogP contribution is -2.63. The second-order valence-corrected chi connectivity index (χ2v) is 9.77. The first-order chi connectivity index (χ1) is 12.4. The predicted molar refractivity (Wildman–Crippen MR) is 97.1 cm³/mol. The van der Waals surface area contributed by atoms with Crippen molar-refractivity contribution in [1.29, 1.82) is 0 Å². The van der Waals surface area contributed by atoms with E-state index >= 15 is 0 Å². The highest BCUT2D eigenvalue weighted by Crippen LogP contribution is 2.33. The van der Waals surface area contributed by atoms with Crippen LogP contribution in [0.1, 0.15) is 24.8 Å². The molecule has 0 N–H and O–H groups in total. The van der Waals surface area contributed by atoms with Crippen molar-refractivity contribution < 1.29 is 18.0 Å². The fourth-order valence-corrected chi connectivity index (χ4v) is 6.28. The number of carbonyl (C=O) groups is 2. The van der Waals surface area contributed by atoms with Gasteiger partial charge in [-0.15, -0.1) is 0 Å². The van der Waals surface area contributed by atoms with Gasteiger partial charge in [0.05, 0.1) is 30.0 Å². The summed E-state index contributed by atoms with van der Waals surface area (Å²) in [5, 5.41) is 0. The zero-order valence-corrected chi connectivity index (χ0v) is 15.5. The van der Waals surface area contributed by atoms with E-state index in [0.29, 0.717) is 13.1 Å². The standard InChI is InChI=1S/C19H24N2O4S/c22-18(11-14-5-2-1-3-6-14)20-9-10-21(19(23)15-7-4-8-15)17-13-26(24,25)12-16(17)20/h1-3,5-6,15-17H,4,7-13H2. The monoisotopic (exact) mass is 376 g/mol. The molecule has 3 aliphatic rings. The molecule has 2 saturated heterocycles. The number of nitrogens with zero attached hydrogens (tertiary/aromatic N) is 2. The van der Waals surface area contributed by atoms with Crippen LogP contribution >= 0.6 is 0 Å². The zero-order valence-electron chi connectivity index (χ0n) is 14.7. The van der Waals surface area contributed by atoms with Crippen molar-refractivity contribution in [3.63, 3.8) is 0 Å². The van der Waals surface area contributed by atoms with Crippen LogP contribution in [-0.2, 0) is 25.8 Å². The largest absolute Gasteiger partial charge is 0.335 e.